The molecular weight excluding hydrogens is 294 g/mol. The third-order valence-corrected chi connectivity index (χ3v) is 4.60. The maximum absolute atomic E-state index is 12.4. The average Bonchev–Trinajstić information content (AvgIpc) is 2.97. The maximum Gasteiger partial charge on any atom is 0.251 e. The van der Waals surface area contributed by atoms with E-state index in [1.165, 1.54) is 0 Å². The molecule has 1 saturated heterocycles. The SMILES string of the molecule is CN1CCC(C(=O)NOCCN2CCCC2=O)c2ccccc21. The predicted octanol–water partition coefficient (Wildman–Crippen LogP) is 1.28. The van der Waals surface area contributed by atoms with E-state index in [-0.39, 0.29) is 17.7 Å². The van der Waals surface area contributed by atoms with Crippen LogP contribution in [0.4, 0.5) is 5.69 Å². The summed E-state index contributed by atoms with van der Waals surface area (Å²) < 4.78 is 0. The van der Waals surface area contributed by atoms with Crippen molar-refractivity contribution >= 4 is 17.5 Å². The lowest BCUT2D eigenvalue weighted by molar-refractivity contribution is -0.136. The molecular formula is C17H23N3O3. The Morgan fingerprint density at radius 2 is 2.17 bits per heavy atom. The highest BCUT2D eigenvalue weighted by atomic mass is 16.7. The number of para-hydroxylation sites is 1. The van der Waals surface area contributed by atoms with E-state index in [2.05, 4.69) is 10.4 Å². The first-order valence-corrected chi connectivity index (χ1v) is 8.16. The van der Waals surface area contributed by atoms with Crippen molar-refractivity contribution in [3.05, 3.63) is 29.8 Å². The van der Waals surface area contributed by atoms with Gasteiger partial charge < -0.3 is 9.80 Å². The second-order valence-electron chi connectivity index (χ2n) is 6.12. The van der Waals surface area contributed by atoms with E-state index in [0.29, 0.717) is 19.6 Å². The zero-order valence-electron chi connectivity index (χ0n) is 13.5. The number of carbonyl (C=O) groups excluding carboxylic acids is 2. The summed E-state index contributed by atoms with van der Waals surface area (Å²) in [6.07, 6.45) is 2.31. The minimum absolute atomic E-state index is 0.113. The third kappa shape index (κ3) is 3.47. The van der Waals surface area contributed by atoms with Gasteiger partial charge >= 0.3 is 0 Å². The zero-order chi connectivity index (χ0) is 16.2. The molecule has 1 unspecified atom stereocenters. The van der Waals surface area contributed by atoms with Gasteiger partial charge in [0, 0.05) is 38.8 Å². The Kier molecular flexibility index (Phi) is 4.81. The van der Waals surface area contributed by atoms with Crippen LogP contribution in [-0.2, 0) is 14.4 Å². The molecule has 0 radical (unpaired) electrons. The number of nitrogens with zero attached hydrogens (tertiary/aromatic N) is 2. The number of nitrogens with one attached hydrogen (secondary N) is 1. The van der Waals surface area contributed by atoms with Crippen molar-refractivity contribution in [2.45, 2.75) is 25.2 Å². The van der Waals surface area contributed by atoms with Crippen LogP contribution in [0.3, 0.4) is 0 Å². The van der Waals surface area contributed by atoms with Gasteiger partial charge in [0.15, 0.2) is 0 Å². The van der Waals surface area contributed by atoms with Gasteiger partial charge in [0.1, 0.15) is 0 Å². The van der Waals surface area contributed by atoms with E-state index in [1.54, 1.807) is 4.90 Å². The molecule has 1 aromatic carbocycles. The molecule has 0 aromatic heterocycles. The smallest absolute Gasteiger partial charge is 0.251 e. The Morgan fingerprint density at radius 3 is 2.96 bits per heavy atom. The molecule has 23 heavy (non-hydrogen) atoms. The molecule has 6 heteroatoms. The van der Waals surface area contributed by atoms with Crippen LogP contribution in [0.15, 0.2) is 24.3 Å². The molecule has 2 heterocycles. The Labute approximate surface area is 136 Å². The van der Waals surface area contributed by atoms with E-state index >= 15 is 0 Å². The van der Waals surface area contributed by atoms with E-state index in [1.807, 2.05) is 31.3 Å². The Balaban J connectivity index is 1.51. The first-order valence-electron chi connectivity index (χ1n) is 8.16. The van der Waals surface area contributed by atoms with Crippen LogP contribution in [0.25, 0.3) is 0 Å². The number of anilines is 1. The molecule has 1 atom stereocenters. The lowest BCUT2D eigenvalue weighted by atomic mass is 9.89. The number of hydrogen-bond acceptors (Lipinski definition) is 4. The van der Waals surface area contributed by atoms with Gasteiger partial charge in [-0.2, -0.15) is 0 Å². The van der Waals surface area contributed by atoms with Crippen molar-refractivity contribution < 1.29 is 14.4 Å². The number of carbonyl (C=O) groups is 2. The van der Waals surface area contributed by atoms with Crippen LogP contribution in [0.2, 0.25) is 0 Å². The molecule has 0 spiro atoms. The second-order valence-corrected chi connectivity index (χ2v) is 6.12. The van der Waals surface area contributed by atoms with E-state index < -0.39 is 0 Å². The fourth-order valence-electron chi connectivity index (χ4n) is 3.29. The standard InChI is InChI=1S/C17H23N3O3/c1-19-10-8-14(13-5-2-3-6-15(13)19)17(22)18-23-12-11-20-9-4-7-16(20)21/h2-3,5-6,14H,4,7-12H2,1H3,(H,18,22). The van der Waals surface area contributed by atoms with Gasteiger partial charge in [-0.3, -0.25) is 14.4 Å². The summed E-state index contributed by atoms with van der Waals surface area (Å²) in [6, 6.07) is 7.98. The number of amides is 2. The van der Waals surface area contributed by atoms with Gasteiger partial charge in [0.2, 0.25) is 5.91 Å². The Hall–Kier alpha value is -2.08. The van der Waals surface area contributed by atoms with Crippen LogP contribution in [0.5, 0.6) is 0 Å². The van der Waals surface area contributed by atoms with Crippen molar-refractivity contribution in [3.63, 3.8) is 0 Å². The molecule has 6 nitrogen and oxygen atoms in total. The summed E-state index contributed by atoms with van der Waals surface area (Å²) in [5, 5.41) is 0. The Morgan fingerprint density at radius 1 is 1.35 bits per heavy atom. The van der Waals surface area contributed by atoms with Gasteiger partial charge in [-0.15, -0.1) is 0 Å². The number of hydrogen-bond donors (Lipinski definition) is 1. The van der Waals surface area contributed by atoms with Gasteiger partial charge in [0.05, 0.1) is 12.5 Å². The second kappa shape index (κ2) is 7.00. The molecule has 1 fully saturated rings. The molecule has 0 aliphatic carbocycles. The van der Waals surface area contributed by atoms with E-state index in [9.17, 15) is 9.59 Å². The van der Waals surface area contributed by atoms with Crippen LogP contribution in [0, 0.1) is 0 Å². The van der Waals surface area contributed by atoms with Crippen LogP contribution < -0.4 is 10.4 Å². The lowest BCUT2D eigenvalue weighted by Crippen LogP contribution is -2.37. The maximum atomic E-state index is 12.4. The number of hydroxylamine groups is 1. The van der Waals surface area contributed by atoms with Gasteiger partial charge in [-0.05, 0) is 24.5 Å². The van der Waals surface area contributed by atoms with Crippen LogP contribution in [-0.4, -0.2) is 50.0 Å². The fraction of sp³-hybridized carbons (Fsp3) is 0.529. The number of likely N-dealkylation sites (tertiary alicyclic amines) is 1. The highest BCUT2D eigenvalue weighted by molar-refractivity contribution is 5.85. The minimum Gasteiger partial charge on any atom is -0.374 e. The summed E-state index contributed by atoms with van der Waals surface area (Å²) in [5.74, 6) is -0.127. The largest absolute Gasteiger partial charge is 0.374 e. The molecule has 124 valence electrons. The highest BCUT2D eigenvalue weighted by Gasteiger charge is 2.28. The molecule has 3 rings (SSSR count). The lowest BCUT2D eigenvalue weighted by Gasteiger charge is -2.32. The predicted molar refractivity (Wildman–Crippen MR) is 87.0 cm³/mol. The van der Waals surface area contributed by atoms with Gasteiger partial charge in [0.25, 0.3) is 5.91 Å². The van der Waals surface area contributed by atoms with Crippen molar-refractivity contribution in [1.82, 2.24) is 10.4 Å². The third-order valence-electron chi connectivity index (χ3n) is 4.60. The summed E-state index contributed by atoms with van der Waals surface area (Å²) in [4.78, 5) is 33.1. The molecule has 0 saturated carbocycles. The average molecular weight is 317 g/mol. The first kappa shape index (κ1) is 15.8. The monoisotopic (exact) mass is 317 g/mol. The van der Waals surface area contributed by atoms with Crippen molar-refractivity contribution in [2.75, 3.05) is 38.2 Å². The van der Waals surface area contributed by atoms with Crippen molar-refractivity contribution in [1.29, 1.82) is 0 Å². The van der Waals surface area contributed by atoms with Crippen LogP contribution >= 0.6 is 0 Å². The summed E-state index contributed by atoms with van der Waals surface area (Å²) in [6.45, 7) is 2.49. The normalized spacial score (nSPS) is 20.6. The van der Waals surface area contributed by atoms with E-state index in [0.717, 1.165) is 37.2 Å². The number of fused-ring (bicyclic) bond motifs is 1. The summed E-state index contributed by atoms with van der Waals surface area (Å²) in [5.41, 5.74) is 4.69. The first-order chi connectivity index (χ1) is 11.2. The summed E-state index contributed by atoms with van der Waals surface area (Å²) in [7, 11) is 2.04. The number of rotatable bonds is 5. The van der Waals surface area contributed by atoms with E-state index in [4.69, 9.17) is 4.84 Å². The highest BCUT2D eigenvalue weighted by Crippen LogP contribution is 2.34. The van der Waals surface area contributed by atoms with Gasteiger partial charge in [-0.25, -0.2) is 5.48 Å². The van der Waals surface area contributed by atoms with Crippen molar-refractivity contribution in [3.8, 4) is 0 Å². The molecule has 2 aliphatic rings. The molecule has 2 amide bonds. The summed E-state index contributed by atoms with van der Waals surface area (Å²) >= 11 is 0. The molecule has 2 aliphatic heterocycles. The topological polar surface area (TPSA) is 61.9 Å². The van der Waals surface area contributed by atoms with Crippen molar-refractivity contribution in [2.24, 2.45) is 0 Å². The zero-order valence-corrected chi connectivity index (χ0v) is 13.5. The number of benzene rings is 1. The van der Waals surface area contributed by atoms with Gasteiger partial charge in [-0.1, -0.05) is 18.2 Å². The Bertz CT molecular complexity index is 590. The van der Waals surface area contributed by atoms with Crippen LogP contribution in [0.1, 0.15) is 30.7 Å². The quantitative estimate of drug-likeness (QED) is 0.656. The minimum atomic E-state index is -0.184. The molecule has 0 bridgehead atoms. The fourth-order valence-corrected chi connectivity index (χ4v) is 3.29. The molecule has 1 aromatic rings. The molecule has 1 N–H and O–H groups in total.